The lowest BCUT2D eigenvalue weighted by Crippen LogP contribution is -2.36. The summed E-state index contributed by atoms with van der Waals surface area (Å²) in [5.41, 5.74) is 2.55. The van der Waals surface area contributed by atoms with Gasteiger partial charge in [0.2, 0.25) is 5.91 Å². The molecule has 0 aromatic heterocycles. The Balaban J connectivity index is 1.53. The minimum absolute atomic E-state index is 0.137. The van der Waals surface area contributed by atoms with E-state index >= 15 is 0 Å². The summed E-state index contributed by atoms with van der Waals surface area (Å²) >= 11 is 0. The molecule has 0 aliphatic carbocycles. The molecule has 0 bridgehead atoms. The molecule has 0 spiro atoms. The topological polar surface area (TPSA) is 66.0 Å². The second kappa shape index (κ2) is 9.86. The maximum absolute atomic E-state index is 12.5. The van der Waals surface area contributed by atoms with Crippen molar-refractivity contribution in [2.24, 2.45) is 4.99 Å². The van der Waals surface area contributed by atoms with Gasteiger partial charge in [0.25, 0.3) is 0 Å². The van der Waals surface area contributed by atoms with Crippen LogP contribution in [0.1, 0.15) is 24.0 Å². The zero-order chi connectivity index (χ0) is 20.6. The summed E-state index contributed by atoms with van der Waals surface area (Å²) in [6, 6.07) is 14.4. The van der Waals surface area contributed by atoms with Crippen LogP contribution < -0.4 is 20.3 Å². The molecule has 29 heavy (non-hydrogen) atoms. The van der Waals surface area contributed by atoms with E-state index in [1.807, 2.05) is 24.3 Å². The lowest BCUT2D eigenvalue weighted by atomic mass is 10.2. The highest BCUT2D eigenvalue weighted by molar-refractivity contribution is 5.95. The van der Waals surface area contributed by atoms with E-state index in [1.165, 1.54) is 6.07 Å². The molecule has 0 saturated carbocycles. The molecule has 1 aliphatic rings. The van der Waals surface area contributed by atoms with Crippen molar-refractivity contribution in [3.05, 3.63) is 59.7 Å². The Kier molecular flexibility index (Phi) is 6.99. The SMILES string of the molecule is CN=C(NCc1ccc(N2CCCC2=O)cc1)NCc1ccccc1OC(F)F. The van der Waals surface area contributed by atoms with Crippen molar-refractivity contribution in [2.45, 2.75) is 32.5 Å². The van der Waals surface area contributed by atoms with E-state index in [9.17, 15) is 13.6 Å². The van der Waals surface area contributed by atoms with Gasteiger partial charge in [0.05, 0.1) is 0 Å². The van der Waals surface area contributed by atoms with Crippen molar-refractivity contribution < 1.29 is 18.3 Å². The molecular weight excluding hydrogens is 378 g/mol. The van der Waals surface area contributed by atoms with Crippen LogP contribution in [0.2, 0.25) is 0 Å². The Morgan fingerprint density at radius 3 is 2.52 bits per heavy atom. The highest BCUT2D eigenvalue weighted by Crippen LogP contribution is 2.22. The number of carbonyl (C=O) groups is 1. The van der Waals surface area contributed by atoms with Gasteiger partial charge in [-0.1, -0.05) is 30.3 Å². The van der Waals surface area contributed by atoms with Gasteiger partial charge < -0.3 is 20.3 Å². The third-order valence-electron chi connectivity index (χ3n) is 4.64. The van der Waals surface area contributed by atoms with Crippen LogP contribution in [-0.4, -0.2) is 32.1 Å². The molecule has 3 rings (SSSR count). The number of alkyl halides is 2. The number of anilines is 1. The van der Waals surface area contributed by atoms with Crippen molar-refractivity contribution in [3.63, 3.8) is 0 Å². The summed E-state index contributed by atoms with van der Waals surface area (Å²) in [6.45, 7) is -1.28. The average molecular weight is 402 g/mol. The largest absolute Gasteiger partial charge is 0.434 e. The van der Waals surface area contributed by atoms with Crippen molar-refractivity contribution in [2.75, 3.05) is 18.5 Å². The van der Waals surface area contributed by atoms with E-state index in [2.05, 4.69) is 20.4 Å². The maximum Gasteiger partial charge on any atom is 0.387 e. The van der Waals surface area contributed by atoms with Crippen molar-refractivity contribution in [1.82, 2.24) is 10.6 Å². The van der Waals surface area contributed by atoms with E-state index in [-0.39, 0.29) is 11.7 Å². The van der Waals surface area contributed by atoms with E-state index in [0.717, 1.165) is 24.2 Å². The number of guanidine groups is 1. The number of hydrogen-bond donors (Lipinski definition) is 2. The van der Waals surface area contributed by atoms with Crippen LogP contribution in [0, 0.1) is 0 Å². The first kappa shape index (κ1) is 20.6. The first-order chi connectivity index (χ1) is 14.1. The second-order valence-electron chi connectivity index (χ2n) is 6.58. The molecule has 0 unspecified atom stereocenters. The lowest BCUT2D eigenvalue weighted by molar-refractivity contribution is -0.117. The second-order valence-corrected chi connectivity index (χ2v) is 6.58. The molecule has 154 valence electrons. The Morgan fingerprint density at radius 1 is 1.14 bits per heavy atom. The van der Waals surface area contributed by atoms with Gasteiger partial charge in [0, 0.05) is 44.4 Å². The number of nitrogens with one attached hydrogen (secondary N) is 2. The number of aliphatic imine (C=N–C) groups is 1. The summed E-state index contributed by atoms with van der Waals surface area (Å²) in [7, 11) is 1.64. The molecule has 2 aromatic carbocycles. The molecule has 1 fully saturated rings. The van der Waals surface area contributed by atoms with E-state index in [1.54, 1.807) is 30.1 Å². The fraction of sp³-hybridized carbons (Fsp3) is 0.333. The fourth-order valence-corrected chi connectivity index (χ4v) is 3.16. The third kappa shape index (κ3) is 5.66. The van der Waals surface area contributed by atoms with Gasteiger partial charge in [0.1, 0.15) is 5.75 Å². The number of ether oxygens (including phenoxy) is 1. The van der Waals surface area contributed by atoms with Crippen LogP contribution >= 0.6 is 0 Å². The Hall–Kier alpha value is -3.16. The molecular formula is C21H24F2N4O2. The molecule has 1 heterocycles. The van der Waals surface area contributed by atoms with Crippen LogP contribution in [0.5, 0.6) is 5.75 Å². The third-order valence-corrected chi connectivity index (χ3v) is 4.64. The minimum Gasteiger partial charge on any atom is -0.434 e. The molecule has 8 heteroatoms. The van der Waals surface area contributed by atoms with Gasteiger partial charge in [-0.25, -0.2) is 0 Å². The first-order valence-corrected chi connectivity index (χ1v) is 9.43. The number of para-hydroxylation sites is 1. The first-order valence-electron chi connectivity index (χ1n) is 9.43. The van der Waals surface area contributed by atoms with Gasteiger partial charge in [-0.3, -0.25) is 9.79 Å². The predicted molar refractivity (Wildman–Crippen MR) is 108 cm³/mol. The minimum atomic E-state index is -2.87. The number of carbonyl (C=O) groups excluding carboxylic acids is 1. The molecule has 1 saturated heterocycles. The van der Waals surface area contributed by atoms with Gasteiger partial charge >= 0.3 is 6.61 Å². The molecule has 1 amide bonds. The van der Waals surface area contributed by atoms with Crippen LogP contribution in [0.4, 0.5) is 14.5 Å². The van der Waals surface area contributed by atoms with Crippen LogP contribution in [0.25, 0.3) is 0 Å². The molecule has 0 radical (unpaired) electrons. The van der Waals surface area contributed by atoms with Crippen LogP contribution in [0.3, 0.4) is 0 Å². The van der Waals surface area contributed by atoms with Crippen LogP contribution in [0.15, 0.2) is 53.5 Å². The summed E-state index contributed by atoms with van der Waals surface area (Å²) in [5.74, 6) is 0.838. The number of hydrogen-bond acceptors (Lipinski definition) is 3. The van der Waals surface area contributed by atoms with Crippen molar-refractivity contribution >= 4 is 17.6 Å². The van der Waals surface area contributed by atoms with Gasteiger partial charge in [-0.15, -0.1) is 0 Å². The number of nitrogens with zero attached hydrogens (tertiary/aromatic N) is 2. The lowest BCUT2D eigenvalue weighted by Gasteiger charge is -2.17. The fourth-order valence-electron chi connectivity index (χ4n) is 3.16. The van der Waals surface area contributed by atoms with E-state index < -0.39 is 6.61 Å². The summed E-state index contributed by atoms with van der Waals surface area (Å²) in [4.78, 5) is 17.8. The zero-order valence-corrected chi connectivity index (χ0v) is 16.2. The normalized spacial score (nSPS) is 14.4. The maximum atomic E-state index is 12.5. The average Bonchev–Trinajstić information content (AvgIpc) is 3.15. The van der Waals surface area contributed by atoms with E-state index in [0.29, 0.717) is 31.0 Å². The van der Waals surface area contributed by atoms with Gasteiger partial charge in [-0.2, -0.15) is 8.78 Å². The summed E-state index contributed by atoms with van der Waals surface area (Å²) < 4.78 is 29.6. The molecule has 2 aromatic rings. The van der Waals surface area contributed by atoms with E-state index in [4.69, 9.17) is 0 Å². The highest BCUT2D eigenvalue weighted by atomic mass is 19.3. The summed E-state index contributed by atoms with van der Waals surface area (Å²) in [6.07, 6.45) is 1.51. The van der Waals surface area contributed by atoms with Crippen molar-refractivity contribution in [3.8, 4) is 5.75 Å². The highest BCUT2D eigenvalue weighted by Gasteiger charge is 2.21. The molecule has 2 N–H and O–H groups in total. The quantitative estimate of drug-likeness (QED) is 0.551. The Labute approximate surface area is 168 Å². The monoisotopic (exact) mass is 402 g/mol. The Bertz CT molecular complexity index is 856. The molecule has 1 aliphatic heterocycles. The van der Waals surface area contributed by atoms with Crippen LogP contribution in [-0.2, 0) is 17.9 Å². The van der Waals surface area contributed by atoms with Crippen molar-refractivity contribution in [1.29, 1.82) is 0 Å². The smallest absolute Gasteiger partial charge is 0.387 e. The predicted octanol–water partition coefficient (Wildman–Crippen LogP) is 3.28. The number of benzene rings is 2. The summed E-state index contributed by atoms with van der Waals surface area (Å²) in [5, 5.41) is 6.28. The molecule has 6 nitrogen and oxygen atoms in total. The standard InChI is InChI=1S/C21H24F2N4O2/c1-24-21(26-14-16-5-2-3-6-18(16)29-20(22)23)25-13-15-8-10-17(11-9-15)27-12-4-7-19(27)28/h2-3,5-6,8-11,20H,4,7,12-14H2,1H3,(H2,24,25,26). The van der Waals surface area contributed by atoms with Gasteiger partial charge in [0.15, 0.2) is 5.96 Å². The Morgan fingerprint density at radius 2 is 1.86 bits per heavy atom. The zero-order valence-electron chi connectivity index (χ0n) is 16.2. The number of amides is 1. The molecule has 0 atom stereocenters. The van der Waals surface area contributed by atoms with Gasteiger partial charge in [-0.05, 0) is 30.2 Å². The number of rotatable bonds is 7. The number of halogens is 2.